The van der Waals surface area contributed by atoms with Gasteiger partial charge in [-0.1, -0.05) is 93.8 Å². The molecule has 2 amide bonds. The molecule has 1 saturated heterocycles. The van der Waals surface area contributed by atoms with Gasteiger partial charge in [0.05, 0.1) is 18.5 Å². The quantitative estimate of drug-likeness (QED) is 0.0215. The van der Waals surface area contributed by atoms with E-state index in [2.05, 4.69) is 128 Å². The van der Waals surface area contributed by atoms with Crippen LogP contribution in [-0.4, -0.2) is 177 Å². The number of carbonyl (C=O) groups excluding carboxylic acids is 5. The number of carboxylic acids is 1. The van der Waals surface area contributed by atoms with Crippen LogP contribution in [0.3, 0.4) is 0 Å². The van der Waals surface area contributed by atoms with Crippen molar-refractivity contribution >= 4 is 65.9 Å². The van der Waals surface area contributed by atoms with Crippen molar-refractivity contribution in [3.8, 4) is 0 Å². The predicted octanol–water partition coefficient (Wildman–Crippen LogP) is 8.12. The third kappa shape index (κ3) is 18.9. The fourth-order valence-corrected chi connectivity index (χ4v) is 12.0. The molecule has 6 rings (SSSR count). The number of nitrogens with zero attached hydrogens (tertiary/aromatic N) is 6. The highest BCUT2D eigenvalue weighted by atomic mass is 35.5. The monoisotopic (exact) mass is 1150 g/mol. The molecule has 4 aliphatic rings. The number of benzene rings is 2. The van der Waals surface area contributed by atoms with Crippen LogP contribution in [0.1, 0.15) is 129 Å². The van der Waals surface area contributed by atoms with E-state index in [1.54, 1.807) is 4.90 Å². The van der Waals surface area contributed by atoms with E-state index < -0.39 is 12.2 Å². The minimum Gasteiger partial charge on any atom is -0.480 e. The zero-order valence-corrected chi connectivity index (χ0v) is 50.0. The van der Waals surface area contributed by atoms with E-state index in [-0.39, 0.29) is 49.2 Å². The Bertz CT molecular complexity index is 2630. The summed E-state index contributed by atoms with van der Waals surface area (Å²) in [5, 5.41) is 16.3. The Morgan fingerprint density at radius 3 is 2.01 bits per heavy atom. The molecule has 1 fully saturated rings. The molecule has 448 valence electrons. The maximum absolute atomic E-state index is 13.4. The first kappa shape index (κ1) is 65.0. The van der Waals surface area contributed by atoms with E-state index >= 15 is 0 Å². The minimum atomic E-state index is -0.995. The lowest BCUT2D eigenvalue weighted by Gasteiger charge is -2.33. The normalized spacial score (nSPS) is 19.6. The average Bonchev–Trinajstić information content (AvgIpc) is 3.16. The smallest absolute Gasteiger partial charge is 0.317 e. The fourth-order valence-electron chi connectivity index (χ4n) is 11.6. The molecule has 0 saturated carbocycles. The third-order valence-corrected chi connectivity index (χ3v) is 16.8. The van der Waals surface area contributed by atoms with Crippen LogP contribution in [0.5, 0.6) is 0 Å². The van der Waals surface area contributed by atoms with Crippen LogP contribution in [0.15, 0.2) is 94.7 Å². The molecule has 0 spiro atoms. The first-order valence-electron chi connectivity index (χ1n) is 29.6. The number of fused-ring (bicyclic) bond motifs is 2. The molecular weight excluding hydrogens is 1060 g/mol. The second-order valence-electron chi connectivity index (χ2n) is 22.9. The van der Waals surface area contributed by atoms with Crippen LogP contribution in [0.4, 0.5) is 11.4 Å². The first-order valence-corrected chi connectivity index (χ1v) is 30.0. The van der Waals surface area contributed by atoms with E-state index in [4.69, 9.17) is 25.8 Å². The van der Waals surface area contributed by atoms with Gasteiger partial charge in [0, 0.05) is 124 Å². The zero-order chi connectivity index (χ0) is 58.9. The number of amides is 2. The van der Waals surface area contributed by atoms with Gasteiger partial charge in [-0.3, -0.25) is 48.4 Å². The lowest BCUT2D eigenvalue weighted by atomic mass is 9.81. The summed E-state index contributed by atoms with van der Waals surface area (Å²) in [6.45, 7) is 17.7. The topological polar surface area (TPSA) is 194 Å². The molecule has 0 aromatic heterocycles. The summed E-state index contributed by atoms with van der Waals surface area (Å²) >= 11 is 7.33. The van der Waals surface area contributed by atoms with Crippen LogP contribution >= 0.6 is 11.6 Å². The van der Waals surface area contributed by atoms with Crippen molar-refractivity contribution in [2.24, 2.45) is 0 Å². The molecule has 1 unspecified atom stereocenters. The highest BCUT2D eigenvalue weighted by Gasteiger charge is 2.44. The Kier molecular flexibility index (Phi) is 26.3. The van der Waals surface area contributed by atoms with E-state index in [9.17, 15) is 33.9 Å². The van der Waals surface area contributed by atoms with E-state index in [1.165, 1.54) is 52.3 Å². The first-order chi connectivity index (χ1) is 39.6. The SMILES string of the molecule is CCCCC[N+]1=C(/C=C/C2=C(Cl)C(=C/C=C3/N(CCCCCC(=O)NCCCCC(NC(=O)CN4CCN(COC=O)CCN(COC=O)CCN(CC(=O)O)CC4)OC=O)c4ccccc4C3(C)C)/CCC2)C(C)(C)c2ccccc21. The summed E-state index contributed by atoms with van der Waals surface area (Å²) < 4.78 is 17.8. The second kappa shape index (κ2) is 33.2. The minimum absolute atomic E-state index is 0.0163. The number of para-hydroxylation sites is 2. The number of halogens is 1. The van der Waals surface area contributed by atoms with Crippen LogP contribution < -0.4 is 15.5 Å². The molecule has 82 heavy (non-hydrogen) atoms. The van der Waals surface area contributed by atoms with Crippen LogP contribution in [0.25, 0.3) is 0 Å². The molecule has 1 atom stereocenters. The van der Waals surface area contributed by atoms with Gasteiger partial charge < -0.3 is 34.9 Å². The maximum atomic E-state index is 13.4. The highest BCUT2D eigenvalue weighted by Crippen LogP contribution is 2.48. The number of unbranched alkanes of at least 4 members (excludes halogenated alkanes) is 5. The molecule has 0 bridgehead atoms. The van der Waals surface area contributed by atoms with Crippen LogP contribution in [0.2, 0.25) is 0 Å². The standard InChI is InChI=1S/C63H89ClN8O10/c1-6-7-16-32-71-53-23-12-10-21-51(53)62(2,3)55(71)29-27-49-19-18-20-50(61(49)64)28-30-56-63(4,5)52-22-11-13-24-54(52)72(56)33-17-8-9-25-57(76)65-31-15-14-26-59(82-48-75)66-58(77)42-67-34-35-68(43-60(78)79)37-39-70(45-81-47-74)41-40-69(38-36-67)44-80-46-73/h10-13,21-24,27-30,46-48,59H,6-9,14-20,25-26,31-45H2,1-5H3,(H2-,65,66,76,77,78,79)/p+1. The van der Waals surface area contributed by atoms with Crippen molar-refractivity contribution in [2.75, 3.05) is 103 Å². The largest absolute Gasteiger partial charge is 0.480 e. The number of anilines is 1. The van der Waals surface area contributed by atoms with Crippen molar-refractivity contribution in [3.63, 3.8) is 0 Å². The number of ether oxygens (including phenoxy) is 3. The number of allylic oxidation sites excluding steroid dienone is 8. The molecule has 3 N–H and O–H groups in total. The molecule has 1 aliphatic carbocycles. The summed E-state index contributed by atoms with van der Waals surface area (Å²) in [6, 6.07) is 17.5. The number of hydrogen-bond donors (Lipinski definition) is 3. The number of carboxylic acid groups (broad SMARTS) is 1. The Hall–Kier alpha value is -6.18. The Morgan fingerprint density at radius 1 is 0.707 bits per heavy atom. The molecule has 19 heteroatoms. The van der Waals surface area contributed by atoms with E-state index in [0.29, 0.717) is 104 Å². The molecule has 3 aliphatic heterocycles. The number of rotatable bonds is 31. The van der Waals surface area contributed by atoms with Crippen molar-refractivity contribution in [1.29, 1.82) is 0 Å². The van der Waals surface area contributed by atoms with Crippen molar-refractivity contribution in [1.82, 2.24) is 30.2 Å². The van der Waals surface area contributed by atoms with Crippen LogP contribution in [0, 0.1) is 0 Å². The van der Waals surface area contributed by atoms with Gasteiger partial charge in [-0.25, -0.2) is 0 Å². The van der Waals surface area contributed by atoms with E-state index in [0.717, 1.165) is 68.6 Å². The summed E-state index contributed by atoms with van der Waals surface area (Å²) in [7, 11) is 0. The third-order valence-electron chi connectivity index (χ3n) is 16.3. The molecule has 0 radical (unpaired) electrons. The molecule has 18 nitrogen and oxygen atoms in total. The summed E-state index contributed by atoms with van der Waals surface area (Å²) in [4.78, 5) is 81.3. The van der Waals surface area contributed by atoms with Gasteiger partial charge in [0.15, 0.2) is 11.9 Å². The Labute approximate surface area is 491 Å². The molecular formula is C63H90ClN8O10+. The van der Waals surface area contributed by atoms with Gasteiger partial charge in [-0.2, -0.15) is 4.58 Å². The molecule has 2 aromatic rings. The van der Waals surface area contributed by atoms with E-state index in [1.807, 2.05) is 14.7 Å². The van der Waals surface area contributed by atoms with Gasteiger partial charge in [0.25, 0.3) is 19.4 Å². The van der Waals surface area contributed by atoms with Gasteiger partial charge in [-0.15, -0.1) is 0 Å². The average molecular weight is 1150 g/mol. The lowest BCUT2D eigenvalue weighted by Crippen LogP contribution is -2.50. The second-order valence-corrected chi connectivity index (χ2v) is 23.2. The fraction of sp³-hybridized carbons (Fsp3) is 0.571. The van der Waals surface area contributed by atoms with Gasteiger partial charge >= 0.3 is 5.97 Å². The summed E-state index contributed by atoms with van der Waals surface area (Å²) in [5.41, 5.74) is 9.77. The van der Waals surface area contributed by atoms with Gasteiger partial charge in [0.1, 0.15) is 20.0 Å². The number of carbonyl (C=O) groups is 6. The van der Waals surface area contributed by atoms with Crippen molar-refractivity contribution in [2.45, 2.75) is 135 Å². The van der Waals surface area contributed by atoms with Crippen molar-refractivity contribution < 1.29 is 52.7 Å². The Balaban J connectivity index is 0.969. The highest BCUT2D eigenvalue weighted by molar-refractivity contribution is 6.32. The number of aliphatic carboxylic acids is 1. The lowest BCUT2D eigenvalue weighted by molar-refractivity contribution is -0.438. The van der Waals surface area contributed by atoms with Crippen LogP contribution in [-0.2, 0) is 53.8 Å². The van der Waals surface area contributed by atoms with Gasteiger partial charge in [-0.05, 0) is 94.1 Å². The molecule has 3 heterocycles. The van der Waals surface area contributed by atoms with Crippen molar-refractivity contribution in [3.05, 3.63) is 106 Å². The Morgan fingerprint density at radius 2 is 1.35 bits per heavy atom. The van der Waals surface area contributed by atoms with Gasteiger partial charge in [0.2, 0.25) is 17.5 Å². The molecule has 2 aromatic carbocycles. The maximum Gasteiger partial charge on any atom is 0.317 e. The summed E-state index contributed by atoms with van der Waals surface area (Å²) in [5.74, 6) is -1.40. The number of nitrogens with one attached hydrogen (secondary N) is 2. The summed E-state index contributed by atoms with van der Waals surface area (Å²) in [6.07, 6.45) is 19.2. The number of hydrogen-bond acceptors (Lipinski definition) is 14. The zero-order valence-electron chi connectivity index (χ0n) is 49.2. The predicted molar refractivity (Wildman–Crippen MR) is 320 cm³/mol.